The van der Waals surface area contributed by atoms with Crippen LogP contribution in [0.5, 0.6) is 0 Å². The van der Waals surface area contributed by atoms with Crippen molar-refractivity contribution < 1.29 is 22.0 Å². The van der Waals surface area contributed by atoms with Crippen molar-refractivity contribution in [3.05, 3.63) is 28.0 Å². The molecule has 0 aliphatic heterocycles. The molecule has 0 aliphatic rings. The van der Waals surface area contributed by atoms with Crippen molar-refractivity contribution in [2.24, 2.45) is 0 Å². The molecule has 78 valence electrons. The summed E-state index contributed by atoms with van der Waals surface area (Å²) in [6.07, 6.45) is -7.60. The minimum Gasteiger partial charge on any atom is -0.249 e. The number of hydrogen-bond acceptors (Lipinski definition) is 1. The molecular formula is C7H3BrF5N. The van der Waals surface area contributed by atoms with E-state index in [1.165, 1.54) is 0 Å². The molecule has 0 N–H and O–H groups in total. The predicted octanol–water partition coefficient (Wildman–Crippen LogP) is 3.80. The van der Waals surface area contributed by atoms with Gasteiger partial charge in [-0.25, -0.2) is 13.8 Å². The van der Waals surface area contributed by atoms with Crippen LogP contribution in [0.25, 0.3) is 0 Å². The molecule has 0 fully saturated rings. The standard InChI is InChI=1S/C7H3BrF5N/c8-5-1-3(6(9)10)4(2-14-5)7(11,12)13/h1-2,6H. The summed E-state index contributed by atoms with van der Waals surface area (Å²) in [5.74, 6) is 0. The number of aromatic nitrogens is 1. The lowest BCUT2D eigenvalue weighted by molar-refractivity contribution is -0.139. The molecule has 0 radical (unpaired) electrons. The quantitative estimate of drug-likeness (QED) is 0.561. The fourth-order valence-corrected chi connectivity index (χ4v) is 1.21. The minimum atomic E-state index is -4.81. The molecule has 0 unspecified atom stereocenters. The average molecular weight is 276 g/mol. The summed E-state index contributed by atoms with van der Waals surface area (Å²) in [7, 11) is 0. The van der Waals surface area contributed by atoms with Crippen LogP contribution in [0.2, 0.25) is 0 Å². The Morgan fingerprint density at radius 2 is 1.86 bits per heavy atom. The topological polar surface area (TPSA) is 12.9 Å². The summed E-state index contributed by atoms with van der Waals surface area (Å²) in [5, 5.41) is 0. The van der Waals surface area contributed by atoms with Crippen molar-refractivity contribution in [3.63, 3.8) is 0 Å². The second-order valence-electron chi connectivity index (χ2n) is 2.39. The summed E-state index contributed by atoms with van der Waals surface area (Å²) >= 11 is 2.72. The summed E-state index contributed by atoms with van der Waals surface area (Å²) in [6, 6.07) is 0.660. The van der Waals surface area contributed by atoms with Gasteiger partial charge in [0.25, 0.3) is 6.43 Å². The molecule has 0 amide bonds. The Hall–Kier alpha value is -0.720. The van der Waals surface area contributed by atoms with E-state index in [4.69, 9.17) is 0 Å². The lowest BCUT2D eigenvalue weighted by Gasteiger charge is -2.11. The highest BCUT2D eigenvalue weighted by molar-refractivity contribution is 9.10. The monoisotopic (exact) mass is 275 g/mol. The summed E-state index contributed by atoms with van der Waals surface area (Å²) < 4.78 is 60.8. The van der Waals surface area contributed by atoms with Crippen LogP contribution < -0.4 is 0 Å². The van der Waals surface area contributed by atoms with E-state index in [2.05, 4.69) is 20.9 Å². The van der Waals surface area contributed by atoms with Crippen LogP contribution in [0, 0.1) is 0 Å². The van der Waals surface area contributed by atoms with Crippen LogP contribution in [-0.2, 0) is 6.18 Å². The molecule has 0 saturated carbocycles. The lowest BCUT2D eigenvalue weighted by atomic mass is 10.1. The molecule has 0 aliphatic carbocycles. The van der Waals surface area contributed by atoms with Crippen LogP contribution in [0.4, 0.5) is 22.0 Å². The first-order valence-electron chi connectivity index (χ1n) is 3.33. The van der Waals surface area contributed by atoms with Gasteiger partial charge in [0.2, 0.25) is 0 Å². The van der Waals surface area contributed by atoms with E-state index in [-0.39, 0.29) is 4.60 Å². The van der Waals surface area contributed by atoms with Gasteiger partial charge in [0, 0.05) is 11.8 Å². The highest BCUT2D eigenvalue weighted by atomic mass is 79.9. The van der Waals surface area contributed by atoms with Crippen LogP contribution in [0.3, 0.4) is 0 Å². The molecule has 14 heavy (non-hydrogen) atoms. The van der Waals surface area contributed by atoms with Crippen molar-refractivity contribution in [1.82, 2.24) is 4.98 Å². The highest BCUT2D eigenvalue weighted by Gasteiger charge is 2.36. The van der Waals surface area contributed by atoms with Gasteiger partial charge in [0.15, 0.2) is 0 Å². The fraction of sp³-hybridized carbons (Fsp3) is 0.286. The Morgan fingerprint density at radius 3 is 2.29 bits per heavy atom. The minimum absolute atomic E-state index is 0.0548. The fourth-order valence-electron chi connectivity index (χ4n) is 0.861. The zero-order valence-electron chi connectivity index (χ0n) is 6.45. The Bertz CT molecular complexity index is 335. The van der Waals surface area contributed by atoms with E-state index in [0.29, 0.717) is 12.3 Å². The van der Waals surface area contributed by atoms with Gasteiger partial charge in [-0.3, -0.25) is 0 Å². The van der Waals surface area contributed by atoms with E-state index in [1.54, 1.807) is 0 Å². The molecule has 1 nitrogen and oxygen atoms in total. The molecule has 1 aromatic rings. The molecule has 1 rings (SSSR count). The van der Waals surface area contributed by atoms with E-state index in [0.717, 1.165) is 0 Å². The number of nitrogens with zero attached hydrogens (tertiary/aromatic N) is 1. The summed E-state index contributed by atoms with van der Waals surface area (Å²) in [5.41, 5.74) is -2.48. The Kier molecular flexibility index (Phi) is 3.08. The zero-order chi connectivity index (χ0) is 10.9. The molecular weight excluding hydrogens is 273 g/mol. The van der Waals surface area contributed by atoms with Crippen molar-refractivity contribution in [1.29, 1.82) is 0 Å². The number of rotatable bonds is 1. The van der Waals surface area contributed by atoms with Gasteiger partial charge in [-0.2, -0.15) is 13.2 Å². The van der Waals surface area contributed by atoms with Gasteiger partial charge >= 0.3 is 6.18 Å². The van der Waals surface area contributed by atoms with E-state index in [1.807, 2.05) is 0 Å². The van der Waals surface area contributed by atoms with E-state index >= 15 is 0 Å². The number of alkyl halides is 5. The first-order chi connectivity index (χ1) is 6.32. The molecule has 1 aromatic heterocycles. The number of pyridine rings is 1. The van der Waals surface area contributed by atoms with Gasteiger partial charge < -0.3 is 0 Å². The first kappa shape index (κ1) is 11.4. The normalized spacial score (nSPS) is 12.2. The third kappa shape index (κ3) is 2.40. The van der Waals surface area contributed by atoms with Crippen molar-refractivity contribution in [2.75, 3.05) is 0 Å². The Morgan fingerprint density at radius 1 is 1.29 bits per heavy atom. The van der Waals surface area contributed by atoms with Crippen LogP contribution in [0.15, 0.2) is 16.9 Å². The number of halogens is 6. The molecule has 1 heterocycles. The maximum atomic E-state index is 12.2. The van der Waals surface area contributed by atoms with Gasteiger partial charge in [-0.1, -0.05) is 0 Å². The average Bonchev–Trinajstić information content (AvgIpc) is 2.01. The third-order valence-electron chi connectivity index (χ3n) is 1.44. The van der Waals surface area contributed by atoms with E-state index in [9.17, 15) is 22.0 Å². The SMILES string of the molecule is FC(F)c1cc(Br)ncc1C(F)(F)F. The highest BCUT2D eigenvalue weighted by Crippen LogP contribution is 2.36. The van der Waals surface area contributed by atoms with Gasteiger partial charge in [-0.05, 0) is 22.0 Å². The van der Waals surface area contributed by atoms with Crippen molar-refractivity contribution in [3.8, 4) is 0 Å². The molecule has 0 bridgehead atoms. The zero-order valence-corrected chi connectivity index (χ0v) is 8.03. The van der Waals surface area contributed by atoms with Gasteiger partial charge in [0.05, 0.1) is 5.56 Å². The molecule has 0 atom stereocenters. The van der Waals surface area contributed by atoms with Gasteiger partial charge in [0.1, 0.15) is 4.60 Å². The van der Waals surface area contributed by atoms with Crippen LogP contribution >= 0.6 is 15.9 Å². The smallest absolute Gasteiger partial charge is 0.249 e. The second-order valence-corrected chi connectivity index (χ2v) is 3.21. The molecule has 0 saturated heterocycles. The van der Waals surface area contributed by atoms with Crippen LogP contribution in [0.1, 0.15) is 17.6 Å². The largest absolute Gasteiger partial charge is 0.418 e. The molecule has 0 aromatic carbocycles. The van der Waals surface area contributed by atoms with Crippen molar-refractivity contribution in [2.45, 2.75) is 12.6 Å². The lowest BCUT2D eigenvalue weighted by Crippen LogP contribution is -2.10. The van der Waals surface area contributed by atoms with Crippen LogP contribution in [-0.4, -0.2) is 4.98 Å². The summed E-state index contributed by atoms with van der Waals surface area (Å²) in [4.78, 5) is 3.25. The molecule has 7 heteroatoms. The second kappa shape index (κ2) is 3.80. The van der Waals surface area contributed by atoms with Gasteiger partial charge in [-0.15, -0.1) is 0 Å². The third-order valence-corrected chi connectivity index (χ3v) is 1.88. The predicted molar refractivity (Wildman–Crippen MR) is 41.9 cm³/mol. The maximum Gasteiger partial charge on any atom is 0.418 e. The Labute approximate surface area is 84.1 Å². The first-order valence-corrected chi connectivity index (χ1v) is 4.12. The molecule has 0 spiro atoms. The van der Waals surface area contributed by atoms with Crippen molar-refractivity contribution >= 4 is 15.9 Å². The van der Waals surface area contributed by atoms with E-state index < -0.39 is 23.7 Å². The Balaban J connectivity index is 3.29. The maximum absolute atomic E-state index is 12.2. The number of hydrogen-bond donors (Lipinski definition) is 0. The summed E-state index contributed by atoms with van der Waals surface area (Å²) in [6.45, 7) is 0.